The number of rotatable bonds is 5. The minimum absolute atomic E-state index is 0.0522. The average molecular weight is 332 g/mol. The molecule has 1 aliphatic heterocycles. The van der Waals surface area contributed by atoms with Crippen molar-refractivity contribution >= 4 is 5.97 Å². The summed E-state index contributed by atoms with van der Waals surface area (Å²) in [6, 6.07) is 3.65. The molecular formula is C17H20N2O5. The molecule has 1 N–H and O–H groups in total. The first kappa shape index (κ1) is 16.3. The predicted octanol–water partition coefficient (Wildman–Crippen LogP) is 2.62. The molecule has 0 amide bonds. The van der Waals surface area contributed by atoms with Crippen molar-refractivity contribution in [3.05, 3.63) is 30.1 Å². The van der Waals surface area contributed by atoms with Crippen molar-refractivity contribution < 1.29 is 24.1 Å². The van der Waals surface area contributed by atoms with E-state index in [-0.39, 0.29) is 17.4 Å². The minimum Gasteiger partial charge on any atom is -0.493 e. The van der Waals surface area contributed by atoms with E-state index in [9.17, 15) is 9.90 Å². The second kappa shape index (κ2) is 6.92. The Hall–Kier alpha value is -2.54. The van der Waals surface area contributed by atoms with Gasteiger partial charge in [-0.3, -0.25) is 0 Å². The third kappa shape index (κ3) is 2.82. The number of aromatic nitrogens is 2. The number of methoxy groups -OCH3 is 2. The number of hydrogen-bond acceptors (Lipinski definition) is 5. The van der Waals surface area contributed by atoms with Gasteiger partial charge in [0.2, 0.25) is 0 Å². The molecule has 0 spiro atoms. The summed E-state index contributed by atoms with van der Waals surface area (Å²) >= 11 is 0. The number of carbonyl (C=O) groups is 1. The SMILES string of the molecule is COc1ccc(-c2nccn2C2CCOCC2)c(C(=O)O)c1OC. The number of carboxylic acid groups (broad SMARTS) is 1. The van der Waals surface area contributed by atoms with Gasteiger partial charge in [0, 0.05) is 37.2 Å². The fourth-order valence-electron chi connectivity index (χ4n) is 3.11. The van der Waals surface area contributed by atoms with Crippen LogP contribution in [0.4, 0.5) is 0 Å². The van der Waals surface area contributed by atoms with Gasteiger partial charge in [0.15, 0.2) is 11.5 Å². The van der Waals surface area contributed by atoms with Crippen LogP contribution in [0.5, 0.6) is 11.5 Å². The van der Waals surface area contributed by atoms with Crippen molar-refractivity contribution in [3.63, 3.8) is 0 Å². The summed E-state index contributed by atoms with van der Waals surface area (Å²) < 4.78 is 17.9. The van der Waals surface area contributed by atoms with Crippen LogP contribution in [0, 0.1) is 0 Å². The van der Waals surface area contributed by atoms with Crippen LogP contribution in [0.15, 0.2) is 24.5 Å². The fraction of sp³-hybridized carbons (Fsp3) is 0.412. The van der Waals surface area contributed by atoms with Crippen molar-refractivity contribution in [3.8, 4) is 22.9 Å². The lowest BCUT2D eigenvalue weighted by Crippen LogP contribution is -2.20. The van der Waals surface area contributed by atoms with Crippen molar-refractivity contribution in [2.24, 2.45) is 0 Å². The molecule has 128 valence electrons. The highest BCUT2D eigenvalue weighted by Crippen LogP contribution is 2.38. The van der Waals surface area contributed by atoms with Gasteiger partial charge in [-0.05, 0) is 25.0 Å². The zero-order chi connectivity index (χ0) is 17.1. The lowest BCUT2D eigenvalue weighted by Gasteiger charge is -2.25. The Kier molecular flexibility index (Phi) is 4.71. The fourth-order valence-corrected chi connectivity index (χ4v) is 3.11. The average Bonchev–Trinajstić information content (AvgIpc) is 3.10. The molecule has 0 atom stereocenters. The molecule has 0 saturated carbocycles. The molecule has 1 fully saturated rings. The summed E-state index contributed by atoms with van der Waals surface area (Å²) in [5.41, 5.74) is 0.563. The molecule has 3 rings (SSSR count). The molecule has 0 bridgehead atoms. The molecule has 0 aliphatic carbocycles. The Labute approximate surface area is 139 Å². The Morgan fingerprint density at radius 2 is 2.04 bits per heavy atom. The Morgan fingerprint density at radius 1 is 1.29 bits per heavy atom. The van der Waals surface area contributed by atoms with Crippen molar-refractivity contribution in [1.29, 1.82) is 0 Å². The summed E-state index contributed by atoms with van der Waals surface area (Å²) in [5.74, 6) is 0.106. The maximum atomic E-state index is 11.9. The zero-order valence-electron chi connectivity index (χ0n) is 13.7. The molecule has 7 heteroatoms. The third-order valence-corrected chi connectivity index (χ3v) is 4.25. The van der Waals surface area contributed by atoms with Gasteiger partial charge < -0.3 is 23.9 Å². The summed E-state index contributed by atoms with van der Waals surface area (Å²) in [5, 5.41) is 9.71. The van der Waals surface area contributed by atoms with Gasteiger partial charge in [-0.15, -0.1) is 0 Å². The van der Waals surface area contributed by atoms with Crippen LogP contribution < -0.4 is 9.47 Å². The first-order valence-corrected chi connectivity index (χ1v) is 7.76. The van der Waals surface area contributed by atoms with Gasteiger partial charge in [0.05, 0.1) is 14.2 Å². The van der Waals surface area contributed by atoms with Gasteiger partial charge in [-0.1, -0.05) is 0 Å². The molecular weight excluding hydrogens is 312 g/mol. The minimum atomic E-state index is -1.08. The molecule has 1 saturated heterocycles. The van der Waals surface area contributed by atoms with Crippen LogP contribution in [0.1, 0.15) is 29.2 Å². The van der Waals surface area contributed by atoms with Crippen LogP contribution >= 0.6 is 0 Å². The highest BCUT2D eigenvalue weighted by Gasteiger charge is 2.26. The highest BCUT2D eigenvalue weighted by molar-refractivity contribution is 5.99. The summed E-state index contributed by atoms with van der Waals surface area (Å²) in [6.07, 6.45) is 5.32. The van der Waals surface area contributed by atoms with E-state index in [1.54, 1.807) is 18.3 Å². The molecule has 0 unspecified atom stereocenters. The number of nitrogens with zero attached hydrogens (tertiary/aromatic N) is 2. The molecule has 24 heavy (non-hydrogen) atoms. The van der Waals surface area contributed by atoms with E-state index in [0.717, 1.165) is 12.8 Å². The maximum absolute atomic E-state index is 11.9. The van der Waals surface area contributed by atoms with E-state index < -0.39 is 5.97 Å². The normalized spacial score (nSPS) is 15.2. The van der Waals surface area contributed by atoms with Crippen LogP contribution in [0.25, 0.3) is 11.4 Å². The topological polar surface area (TPSA) is 82.8 Å². The van der Waals surface area contributed by atoms with Crippen LogP contribution in [0.3, 0.4) is 0 Å². The van der Waals surface area contributed by atoms with Gasteiger partial charge in [-0.2, -0.15) is 0 Å². The molecule has 1 aliphatic rings. The Morgan fingerprint density at radius 3 is 2.67 bits per heavy atom. The lowest BCUT2D eigenvalue weighted by molar-refractivity contribution is 0.0686. The smallest absolute Gasteiger partial charge is 0.340 e. The molecule has 0 radical (unpaired) electrons. The zero-order valence-corrected chi connectivity index (χ0v) is 13.7. The van der Waals surface area contributed by atoms with E-state index in [1.165, 1.54) is 14.2 Å². The number of imidazole rings is 1. The van der Waals surface area contributed by atoms with E-state index in [0.29, 0.717) is 30.4 Å². The Balaban J connectivity index is 2.13. The summed E-state index contributed by atoms with van der Waals surface area (Å²) in [4.78, 5) is 16.3. The number of benzene rings is 1. The van der Waals surface area contributed by atoms with Gasteiger partial charge in [0.1, 0.15) is 11.4 Å². The summed E-state index contributed by atoms with van der Waals surface area (Å²) in [6.45, 7) is 1.39. The van der Waals surface area contributed by atoms with Crippen molar-refractivity contribution in [2.45, 2.75) is 18.9 Å². The van der Waals surface area contributed by atoms with E-state index in [4.69, 9.17) is 14.2 Å². The molecule has 1 aromatic heterocycles. The standard InChI is InChI=1S/C17H20N2O5/c1-22-13-4-3-12(14(17(20)21)15(13)23-2)16-18-7-8-19(16)11-5-9-24-10-6-11/h3-4,7-8,11H,5-6,9-10H2,1-2H3,(H,20,21). The van der Waals surface area contributed by atoms with Gasteiger partial charge >= 0.3 is 5.97 Å². The van der Waals surface area contributed by atoms with Gasteiger partial charge in [0.25, 0.3) is 0 Å². The predicted molar refractivity (Wildman–Crippen MR) is 86.8 cm³/mol. The van der Waals surface area contributed by atoms with Crippen molar-refractivity contribution in [2.75, 3.05) is 27.4 Å². The van der Waals surface area contributed by atoms with Gasteiger partial charge in [-0.25, -0.2) is 9.78 Å². The van der Waals surface area contributed by atoms with E-state index in [1.807, 2.05) is 10.8 Å². The third-order valence-electron chi connectivity index (χ3n) is 4.25. The Bertz CT molecular complexity index is 735. The highest BCUT2D eigenvalue weighted by atomic mass is 16.5. The number of hydrogen-bond donors (Lipinski definition) is 1. The number of aromatic carboxylic acids is 1. The summed E-state index contributed by atoms with van der Waals surface area (Å²) in [7, 11) is 2.91. The molecule has 2 aromatic rings. The quantitative estimate of drug-likeness (QED) is 0.906. The number of ether oxygens (including phenoxy) is 3. The second-order valence-corrected chi connectivity index (χ2v) is 5.53. The van der Waals surface area contributed by atoms with Crippen LogP contribution in [-0.2, 0) is 4.74 Å². The van der Waals surface area contributed by atoms with Crippen molar-refractivity contribution in [1.82, 2.24) is 9.55 Å². The van der Waals surface area contributed by atoms with E-state index in [2.05, 4.69) is 4.98 Å². The monoisotopic (exact) mass is 332 g/mol. The van der Waals surface area contributed by atoms with E-state index >= 15 is 0 Å². The first-order valence-electron chi connectivity index (χ1n) is 7.76. The lowest BCUT2D eigenvalue weighted by atomic mass is 10.0. The number of carboxylic acids is 1. The largest absolute Gasteiger partial charge is 0.493 e. The molecule has 1 aromatic carbocycles. The van der Waals surface area contributed by atoms with Crippen LogP contribution in [0.2, 0.25) is 0 Å². The molecule has 2 heterocycles. The first-order chi connectivity index (χ1) is 11.7. The molecule has 7 nitrogen and oxygen atoms in total. The maximum Gasteiger partial charge on any atom is 0.340 e. The second-order valence-electron chi connectivity index (χ2n) is 5.53. The van der Waals surface area contributed by atoms with Crippen LogP contribution in [-0.4, -0.2) is 48.1 Å².